The van der Waals surface area contributed by atoms with Crippen molar-refractivity contribution in [2.24, 2.45) is 0 Å². The van der Waals surface area contributed by atoms with Crippen molar-refractivity contribution in [1.82, 2.24) is 15.5 Å². The van der Waals surface area contributed by atoms with Crippen LogP contribution in [0.4, 0.5) is 0 Å². The molecule has 0 aromatic carbocycles. The fraction of sp³-hybridized carbons (Fsp3) is 0.800. The van der Waals surface area contributed by atoms with Crippen LogP contribution in [-0.2, 0) is 11.3 Å². The fourth-order valence-electron chi connectivity index (χ4n) is 1.97. The van der Waals surface area contributed by atoms with Crippen LogP contribution >= 0.6 is 0 Å². The first-order chi connectivity index (χ1) is 7.38. The van der Waals surface area contributed by atoms with E-state index in [1.165, 1.54) is 19.2 Å². The summed E-state index contributed by atoms with van der Waals surface area (Å²) in [6.07, 6.45) is 6.29. The van der Waals surface area contributed by atoms with Crippen LogP contribution in [0.1, 0.15) is 31.5 Å². The third-order valence-electron chi connectivity index (χ3n) is 2.94. The zero-order chi connectivity index (χ0) is 10.5. The van der Waals surface area contributed by atoms with E-state index in [1.54, 1.807) is 0 Å². The Kier molecular flexibility index (Phi) is 3.69. The van der Waals surface area contributed by atoms with Crippen molar-refractivity contribution in [1.29, 1.82) is 0 Å². The molecule has 1 N–H and O–H groups in total. The summed E-state index contributed by atoms with van der Waals surface area (Å²) in [7, 11) is 2.02. The summed E-state index contributed by atoms with van der Waals surface area (Å²) in [6.45, 7) is 0.464. The molecular formula is C10H17N3O2. The molecule has 1 heterocycles. The van der Waals surface area contributed by atoms with Gasteiger partial charge in [0.15, 0.2) is 5.82 Å². The molecule has 1 aliphatic carbocycles. The van der Waals surface area contributed by atoms with Gasteiger partial charge in [-0.1, -0.05) is 5.16 Å². The van der Waals surface area contributed by atoms with Gasteiger partial charge in [-0.05, 0) is 32.7 Å². The summed E-state index contributed by atoms with van der Waals surface area (Å²) in [6, 6.07) is 0.662. The lowest BCUT2D eigenvalue weighted by atomic mass is 9.93. The van der Waals surface area contributed by atoms with Crippen LogP contribution in [-0.4, -0.2) is 29.3 Å². The Bertz CT molecular complexity index is 268. The zero-order valence-electron chi connectivity index (χ0n) is 8.98. The molecular weight excluding hydrogens is 194 g/mol. The summed E-state index contributed by atoms with van der Waals surface area (Å²) in [5.41, 5.74) is 0. The quantitative estimate of drug-likeness (QED) is 0.808. The minimum Gasteiger partial charge on any atom is -0.370 e. The number of nitrogens with zero attached hydrogens (tertiary/aromatic N) is 2. The lowest BCUT2D eigenvalue weighted by Crippen LogP contribution is -2.32. The smallest absolute Gasteiger partial charge is 0.213 e. The molecule has 0 unspecified atom stereocenters. The molecule has 2 rings (SSSR count). The van der Waals surface area contributed by atoms with E-state index in [-0.39, 0.29) is 0 Å². The Morgan fingerprint density at radius 1 is 1.47 bits per heavy atom. The van der Waals surface area contributed by atoms with Crippen LogP contribution in [0.3, 0.4) is 0 Å². The first kappa shape index (κ1) is 10.6. The highest BCUT2D eigenvalue weighted by Gasteiger charge is 2.20. The molecule has 1 aromatic rings. The largest absolute Gasteiger partial charge is 0.370 e. The van der Waals surface area contributed by atoms with Crippen LogP contribution < -0.4 is 5.32 Å². The summed E-state index contributed by atoms with van der Waals surface area (Å²) < 4.78 is 10.3. The monoisotopic (exact) mass is 211 g/mol. The molecule has 0 radical (unpaired) electrons. The highest BCUT2D eigenvalue weighted by atomic mass is 16.5. The SMILES string of the molecule is CNC1CCC(OCc2ncon2)CC1. The second-order valence-corrected chi connectivity index (χ2v) is 3.92. The lowest BCUT2D eigenvalue weighted by molar-refractivity contribution is 0.00793. The van der Waals surface area contributed by atoms with Crippen molar-refractivity contribution in [2.75, 3.05) is 7.05 Å². The van der Waals surface area contributed by atoms with Gasteiger partial charge in [0.2, 0.25) is 6.39 Å². The number of ether oxygens (including phenoxy) is 1. The molecule has 0 atom stereocenters. The normalized spacial score (nSPS) is 26.7. The molecule has 1 aromatic heterocycles. The molecule has 1 fully saturated rings. The maximum absolute atomic E-state index is 5.71. The van der Waals surface area contributed by atoms with E-state index in [1.807, 2.05) is 7.05 Å². The van der Waals surface area contributed by atoms with Crippen molar-refractivity contribution in [3.63, 3.8) is 0 Å². The minimum atomic E-state index is 0.355. The van der Waals surface area contributed by atoms with E-state index in [0.717, 1.165) is 12.8 Å². The van der Waals surface area contributed by atoms with Crippen molar-refractivity contribution in [2.45, 2.75) is 44.4 Å². The van der Waals surface area contributed by atoms with Gasteiger partial charge in [0.05, 0.1) is 6.10 Å². The van der Waals surface area contributed by atoms with Gasteiger partial charge in [-0.2, -0.15) is 4.98 Å². The zero-order valence-corrected chi connectivity index (χ0v) is 8.98. The molecule has 0 aliphatic heterocycles. The van der Waals surface area contributed by atoms with Gasteiger partial charge in [-0.25, -0.2) is 0 Å². The molecule has 84 valence electrons. The van der Waals surface area contributed by atoms with Crippen molar-refractivity contribution < 1.29 is 9.26 Å². The maximum atomic E-state index is 5.71. The average Bonchev–Trinajstić information content (AvgIpc) is 2.80. The molecule has 1 aliphatic rings. The molecule has 0 amide bonds. The van der Waals surface area contributed by atoms with Gasteiger partial charge < -0.3 is 14.6 Å². The summed E-state index contributed by atoms with van der Waals surface area (Å²) in [5, 5.41) is 7.01. The Labute approximate surface area is 89.2 Å². The van der Waals surface area contributed by atoms with Gasteiger partial charge in [0.1, 0.15) is 6.61 Å². The second-order valence-electron chi connectivity index (χ2n) is 3.92. The van der Waals surface area contributed by atoms with Crippen LogP contribution in [0.25, 0.3) is 0 Å². The predicted molar refractivity (Wildman–Crippen MR) is 54.2 cm³/mol. The topological polar surface area (TPSA) is 60.2 Å². The first-order valence-corrected chi connectivity index (χ1v) is 5.42. The van der Waals surface area contributed by atoms with Crippen molar-refractivity contribution in [3.8, 4) is 0 Å². The average molecular weight is 211 g/mol. The van der Waals surface area contributed by atoms with Crippen molar-refractivity contribution in [3.05, 3.63) is 12.2 Å². The fourth-order valence-corrected chi connectivity index (χ4v) is 1.97. The van der Waals surface area contributed by atoms with E-state index in [2.05, 4.69) is 20.0 Å². The first-order valence-electron chi connectivity index (χ1n) is 5.42. The van der Waals surface area contributed by atoms with Crippen LogP contribution in [0, 0.1) is 0 Å². The number of aromatic nitrogens is 2. The predicted octanol–water partition coefficient (Wildman–Crippen LogP) is 1.12. The van der Waals surface area contributed by atoms with Gasteiger partial charge in [0, 0.05) is 6.04 Å². The third kappa shape index (κ3) is 3.00. The standard InChI is InChI=1S/C10H17N3O2/c1-11-8-2-4-9(5-3-8)14-6-10-12-7-15-13-10/h7-9,11H,2-6H2,1H3. The number of nitrogens with one attached hydrogen (secondary N) is 1. The van der Waals surface area contributed by atoms with Crippen LogP contribution in [0.15, 0.2) is 10.9 Å². The molecule has 1 saturated carbocycles. The molecule has 0 spiro atoms. The van der Waals surface area contributed by atoms with E-state index in [4.69, 9.17) is 4.74 Å². The van der Waals surface area contributed by atoms with Crippen LogP contribution in [0.5, 0.6) is 0 Å². The molecule has 5 nitrogen and oxygen atoms in total. The van der Waals surface area contributed by atoms with E-state index in [9.17, 15) is 0 Å². The van der Waals surface area contributed by atoms with Crippen LogP contribution in [0.2, 0.25) is 0 Å². The summed E-state index contributed by atoms with van der Waals surface area (Å²) in [4.78, 5) is 3.92. The Morgan fingerprint density at radius 2 is 2.27 bits per heavy atom. The Morgan fingerprint density at radius 3 is 2.87 bits per heavy atom. The van der Waals surface area contributed by atoms with Gasteiger partial charge in [0.25, 0.3) is 0 Å². The second kappa shape index (κ2) is 5.23. The third-order valence-corrected chi connectivity index (χ3v) is 2.94. The maximum Gasteiger partial charge on any atom is 0.213 e. The summed E-state index contributed by atoms with van der Waals surface area (Å²) >= 11 is 0. The summed E-state index contributed by atoms with van der Waals surface area (Å²) in [5.74, 6) is 0.630. The molecule has 15 heavy (non-hydrogen) atoms. The lowest BCUT2D eigenvalue weighted by Gasteiger charge is -2.27. The van der Waals surface area contributed by atoms with E-state index in [0.29, 0.717) is 24.6 Å². The van der Waals surface area contributed by atoms with E-state index >= 15 is 0 Å². The van der Waals surface area contributed by atoms with E-state index < -0.39 is 0 Å². The Hall–Kier alpha value is -0.940. The highest BCUT2D eigenvalue weighted by Crippen LogP contribution is 2.21. The van der Waals surface area contributed by atoms with Gasteiger partial charge >= 0.3 is 0 Å². The van der Waals surface area contributed by atoms with Crippen molar-refractivity contribution >= 4 is 0 Å². The highest BCUT2D eigenvalue weighted by molar-refractivity contribution is 4.78. The number of hydrogen-bond acceptors (Lipinski definition) is 5. The van der Waals surface area contributed by atoms with Gasteiger partial charge in [-0.15, -0.1) is 0 Å². The molecule has 0 bridgehead atoms. The van der Waals surface area contributed by atoms with Gasteiger partial charge in [-0.3, -0.25) is 0 Å². The molecule has 0 saturated heterocycles. The number of rotatable bonds is 4. The molecule has 5 heteroatoms. The number of hydrogen-bond donors (Lipinski definition) is 1. The Balaban J connectivity index is 1.69. The minimum absolute atomic E-state index is 0.355.